The summed E-state index contributed by atoms with van der Waals surface area (Å²) < 4.78 is 0. The molecule has 4 nitrogen and oxygen atoms in total. The van der Waals surface area contributed by atoms with Crippen LogP contribution in [0, 0.1) is 6.92 Å². The van der Waals surface area contributed by atoms with E-state index in [4.69, 9.17) is 5.73 Å². The molecule has 0 unspecified atom stereocenters. The van der Waals surface area contributed by atoms with Crippen LogP contribution in [0.1, 0.15) is 24.5 Å². The van der Waals surface area contributed by atoms with Gasteiger partial charge in [0.15, 0.2) is 0 Å². The van der Waals surface area contributed by atoms with Crippen LogP contribution < -0.4 is 10.6 Å². The zero-order valence-corrected chi connectivity index (χ0v) is 12.1. The summed E-state index contributed by atoms with van der Waals surface area (Å²) in [6.45, 7) is 7.96. The number of nitrogens with two attached hydrogens (primary N) is 1. The topological polar surface area (TPSA) is 45.4 Å². The molecule has 0 fully saturated rings. The molecule has 1 aromatic rings. The molecule has 0 bridgehead atoms. The second kappa shape index (κ2) is 7.34. The normalized spacial score (nSPS) is 11.0. The molecule has 1 heterocycles. The molecule has 0 radical (unpaired) electrons. The number of hydrogen-bond acceptors (Lipinski definition) is 4. The van der Waals surface area contributed by atoms with Crippen LogP contribution in [0.4, 0.5) is 5.82 Å². The van der Waals surface area contributed by atoms with Crippen molar-refractivity contribution in [3.8, 4) is 0 Å². The molecule has 4 heteroatoms. The number of pyridine rings is 1. The van der Waals surface area contributed by atoms with Gasteiger partial charge in [-0.3, -0.25) is 0 Å². The quantitative estimate of drug-likeness (QED) is 0.799. The minimum absolute atomic E-state index is 0.555. The van der Waals surface area contributed by atoms with Crippen molar-refractivity contribution in [3.63, 3.8) is 0 Å². The van der Waals surface area contributed by atoms with Crippen LogP contribution in [0.3, 0.4) is 0 Å². The summed E-state index contributed by atoms with van der Waals surface area (Å²) in [4.78, 5) is 9.13. The van der Waals surface area contributed by atoms with Crippen molar-refractivity contribution in [2.24, 2.45) is 5.73 Å². The molecule has 0 saturated heterocycles. The Kier molecular flexibility index (Phi) is 6.09. The lowest BCUT2D eigenvalue weighted by Gasteiger charge is -2.26. The van der Waals surface area contributed by atoms with Gasteiger partial charge in [0, 0.05) is 32.4 Å². The zero-order valence-electron chi connectivity index (χ0n) is 12.1. The summed E-state index contributed by atoms with van der Waals surface area (Å²) in [5.41, 5.74) is 7.95. The molecular weight excluding hydrogens is 224 g/mol. The molecule has 0 aliphatic carbocycles. The Morgan fingerprint density at radius 3 is 2.44 bits per heavy atom. The summed E-state index contributed by atoms with van der Waals surface area (Å²) >= 11 is 0. The van der Waals surface area contributed by atoms with Crippen molar-refractivity contribution in [1.29, 1.82) is 0 Å². The van der Waals surface area contributed by atoms with Crippen LogP contribution >= 0.6 is 0 Å². The first-order valence-electron chi connectivity index (χ1n) is 6.63. The van der Waals surface area contributed by atoms with Gasteiger partial charge in [0.05, 0.1) is 0 Å². The number of rotatable bonds is 7. The first-order chi connectivity index (χ1) is 8.58. The number of hydrogen-bond donors (Lipinski definition) is 1. The lowest BCUT2D eigenvalue weighted by atomic mass is 10.2. The molecule has 18 heavy (non-hydrogen) atoms. The SMILES string of the molecule is CCCN(CCN(C)C)c1ncc(CN)cc1C. The molecule has 0 saturated carbocycles. The maximum absolute atomic E-state index is 5.64. The molecule has 2 N–H and O–H groups in total. The molecule has 0 aliphatic rings. The summed E-state index contributed by atoms with van der Waals surface area (Å²) in [5.74, 6) is 1.09. The monoisotopic (exact) mass is 250 g/mol. The van der Waals surface area contributed by atoms with E-state index in [9.17, 15) is 0 Å². The predicted octanol–water partition coefficient (Wildman–Crippen LogP) is 1.63. The molecular formula is C14H26N4. The molecule has 0 amide bonds. The van der Waals surface area contributed by atoms with Crippen LogP contribution in [-0.2, 0) is 6.54 Å². The fourth-order valence-corrected chi connectivity index (χ4v) is 1.98. The highest BCUT2D eigenvalue weighted by atomic mass is 15.2. The first kappa shape index (κ1) is 14.9. The minimum Gasteiger partial charge on any atom is -0.355 e. The first-order valence-corrected chi connectivity index (χ1v) is 6.63. The van der Waals surface area contributed by atoms with Crippen LogP contribution in [0.15, 0.2) is 12.3 Å². The van der Waals surface area contributed by atoms with Crippen LogP contribution in [0.5, 0.6) is 0 Å². The van der Waals surface area contributed by atoms with Gasteiger partial charge in [-0.2, -0.15) is 0 Å². The predicted molar refractivity (Wildman–Crippen MR) is 77.9 cm³/mol. The van der Waals surface area contributed by atoms with E-state index in [1.54, 1.807) is 0 Å². The Morgan fingerprint density at radius 1 is 1.22 bits per heavy atom. The van der Waals surface area contributed by atoms with E-state index in [2.05, 4.69) is 48.8 Å². The van der Waals surface area contributed by atoms with Crippen molar-refractivity contribution in [2.45, 2.75) is 26.8 Å². The molecule has 0 spiro atoms. The van der Waals surface area contributed by atoms with Crippen molar-refractivity contribution < 1.29 is 0 Å². The lowest BCUT2D eigenvalue weighted by molar-refractivity contribution is 0.412. The number of likely N-dealkylation sites (N-methyl/N-ethyl adjacent to an activating group) is 1. The van der Waals surface area contributed by atoms with E-state index in [0.717, 1.165) is 37.4 Å². The van der Waals surface area contributed by atoms with E-state index in [0.29, 0.717) is 6.54 Å². The molecule has 0 aromatic carbocycles. The highest BCUT2D eigenvalue weighted by Crippen LogP contribution is 2.18. The third kappa shape index (κ3) is 4.27. The maximum atomic E-state index is 5.64. The largest absolute Gasteiger partial charge is 0.355 e. The number of nitrogens with zero attached hydrogens (tertiary/aromatic N) is 3. The maximum Gasteiger partial charge on any atom is 0.131 e. The number of anilines is 1. The van der Waals surface area contributed by atoms with Gasteiger partial charge in [-0.25, -0.2) is 4.98 Å². The molecule has 1 aromatic heterocycles. The van der Waals surface area contributed by atoms with Crippen molar-refractivity contribution in [3.05, 3.63) is 23.4 Å². The fourth-order valence-electron chi connectivity index (χ4n) is 1.98. The molecule has 0 aliphatic heterocycles. The minimum atomic E-state index is 0.555. The summed E-state index contributed by atoms with van der Waals surface area (Å²) in [6.07, 6.45) is 3.02. The van der Waals surface area contributed by atoms with E-state index in [-0.39, 0.29) is 0 Å². The smallest absolute Gasteiger partial charge is 0.131 e. The van der Waals surface area contributed by atoms with Crippen LogP contribution in [0.2, 0.25) is 0 Å². The van der Waals surface area contributed by atoms with Gasteiger partial charge in [-0.15, -0.1) is 0 Å². The van der Waals surface area contributed by atoms with E-state index in [1.807, 2.05) is 6.20 Å². The Hall–Kier alpha value is -1.13. The van der Waals surface area contributed by atoms with Gasteiger partial charge in [0.25, 0.3) is 0 Å². The molecule has 0 atom stereocenters. The average molecular weight is 250 g/mol. The third-order valence-electron chi connectivity index (χ3n) is 2.95. The Bertz CT molecular complexity index is 363. The zero-order chi connectivity index (χ0) is 13.5. The summed E-state index contributed by atoms with van der Waals surface area (Å²) in [7, 11) is 4.20. The second-order valence-corrected chi connectivity index (χ2v) is 4.98. The Labute approximate surface area is 111 Å². The highest BCUT2D eigenvalue weighted by Gasteiger charge is 2.10. The van der Waals surface area contributed by atoms with E-state index in [1.165, 1.54) is 5.56 Å². The molecule has 1 rings (SSSR count). The number of aryl methyl sites for hydroxylation is 1. The summed E-state index contributed by atoms with van der Waals surface area (Å²) in [5, 5.41) is 0. The summed E-state index contributed by atoms with van der Waals surface area (Å²) in [6, 6.07) is 2.14. The van der Waals surface area contributed by atoms with Crippen molar-refractivity contribution in [2.75, 3.05) is 38.6 Å². The third-order valence-corrected chi connectivity index (χ3v) is 2.95. The Balaban J connectivity index is 2.84. The highest BCUT2D eigenvalue weighted by molar-refractivity contribution is 5.47. The standard InChI is InChI=1S/C14H26N4/c1-5-6-18(8-7-17(3)4)14-12(2)9-13(10-15)11-16-14/h9,11H,5-8,10,15H2,1-4H3. The van der Waals surface area contributed by atoms with Gasteiger partial charge in [0.1, 0.15) is 5.82 Å². The Morgan fingerprint density at radius 2 is 1.94 bits per heavy atom. The van der Waals surface area contributed by atoms with Crippen LogP contribution in [-0.4, -0.2) is 43.6 Å². The van der Waals surface area contributed by atoms with Gasteiger partial charge in [-0.05, 0) is 44.6 Å². The second-order valence-electron chi connectivity index (χ2n) is 4.98. The van der Waals surface area contributed by atoms with Gasteiger partial charge in [-0.1, -0.05) is 6.92 Å². The van der Waals surface area contributed by atoms with Gasteiger partial charge in [0.2, 0.25) is 0 Å². The van der Waals surface area contributed by atoms with Crippen molar-refractivity contribution >= 4 is 5.82 Å². The van der Waals surface area contributed by atoms with E-state index >= 15 is 0 Å². The number of aromatic nitrogens is 1. The van der Waals surface area contributed by atoms with E-state index < -0.39 is 0 Å². The average Bonchev–Trinajstić information content (AvgIpc) is 2.34. The van der Waals surface area contributed by atoms with Crippen LogP contribution in [0.25, 0.3) is 0 Å². The van der Waals surface area contributed by atoms with Crippen molar-refractivity contribution in [1.82, 2.24) is 9.88 Å². The lowest BCUT2D eigenvalue weighted by Crippen LogP contribution is -2.33. The molecule has 102 valence electrons. The fraction of sp³-hybridized carbons (Fsp3) is 0.643. The van der Waals surface area contributed by atoms with Gasteiger partial charge >= 0.3 is 0 Å². The van der Waals surface area contributed by atoms with Gasteiger partial charge < -0.3 is 15.5 Å².